The molecule has 2 bridgehead atoms. The van der Waals surface area contributed by atoms with Crippen LogP contribution in [0.2, 0.25) is 0 Å². The van der Waals surface area contributed by atoms with Gasteiger partial charge in [-0.25, -0.2) is 0 Å². The molecule has 6 atom stereocenters. The first-order valence-corrected chi connectivity index (χ1v) is 6.55. The molecule has 0 aromatic rings. The first-order valence-electron chi connectivity index (χ1n) is 6.55. The minimum atomic E-state index is -0.935. The molecule has 4 unspecified atom stereocenters. The van der Waals surface area contributed by atoms with Gasteiger partial charge in [-0.2, -0.15) is 0 Å². The predicted molar refractivity (Wildman–Crippen MR) is 63.9 cm³/mol. The Bertz CT molecular complexity index is 438. The Morgan fingerprint density at radius 2 is 1.53 bits per heavy atom. The third-order valence-electron chi connectivity index (χ3n) is 4.60. The Kier molecular flexibility index (Phi) is 2.87. The highest BCUT2D eigenvalue weighted by Gasteiger charge is 2.53. The van der Waals surface area contributed by atoms with Crippen LogP contribution in [0, 0.1) is 23.7 Å². The molecule has 6 nitrogen and oxygen atoms in total. The molecule has 3 aliphatic rings. The summed E-state index contributed by atoms with van der Waals surface area (Å²) in [4.78, 5) is 25.2. The van der Waals surface area contributed by atoms with Gasteiger partial charge in [0, 0.05) is 13.1 Å². The fraction of sp³-hybridized carbons (Fsp3) is 0.692. The van der Waals surface area contributed by atoms with Crippen molar-refractivity contribution in [1.82, 2.24) is 4.90 Å². The molecule has 104 valence electrons. The number of aliphatic carboxylic acids is 1. The zero-order valence-corrected chi connectivity index (χ0v) is 10.3. The number of nitrogens with zero attached hydrogens (tertiary/aromatic N) is 1. The third kappa shape index (κ3) is 1.86. The van der Waals surface area contributed by atoms with Gasteiger partial charge in [0.05, 0.1) is 24.0 Å². The van der Waals surface area contributed by atoms with E-state index < -0.39 is 30.0 Å². The van der Waals surface area contributed by atoms with Crippen molar-refractivity contribution < 1.29 is 24.9 Å². The number of carbonyl (C=O) groups excluding carboxylic acids is 1. The second kappa shape index (κ2) is 4.31. The number of aliphatic hydroxyl groups is 2. The number of amides is 1. The van der Waals surface area contributed by atoms with Crippen LogP contribution in [0.1, 0.15) is 6.42 Å². The van der Waals surface area contributed by atoms with E-state index in [-0.39, 0.29) is 30.8 Å². The number of carboxylic acids is 1. The van der Waals surface area contributed by atoms with Crippen molar-refractivity contribution in [2.75, 3.05) is 13.1 Å². The van der Waals surface area contributed by atoms with Crippen molar-refractivity contribution >= 4 is 11.9 Å². The van der Waals surface area contributed by atoms with E-state index in [1.54, 1.807) is 0 Å². The van der Waals surface area contributed by atoms with Crippen molar-refractivity contribution in [3.8, 4) is 0 Å². The van der Waals surface area contributed by atoms with E-state index in [2.05, 4.69) is 0 Å². The molecule has 1 aliphatic heterocycles. The average Bonchev–Trinajstić information content (AvgIpc) is 3.03. The molecule has 6 heteroatoms. The van der Waals surface area contributed by atoms with Crippen LogP contribution in [-0.2, 0) is 9.59 Å². The van der Waals surface area contributed by atoms with Gasteiger partial charge >= 0.3 is 5.97 Å². The van der Waals surface area contributed by atoms with Crippen LogP contribution >= 0.6 is 0 Å². The van der Waals surface area contributed by atoms with Crippen LogP contribution in [0.3, 0.4) is 0 Å². The van der Waals surface area contributed by atoms with Crippen LogP contribution in [0.25, 0.3) is 0 Å². The summed E-state index contributed by atoms with van der Waals surface area (Å²) in [5.41, 5.74) is 0. The lowest BCUT2D eigenvalue weighted by Crippen LogP contribution is -2.42. The van der Waals surface area contributed by atoms with Crippen molar-refractivity contribution in [3.05, 3.63) is 12.2 Å². The fourth-order valence-electron chi connectivity index (χ4n) is 3.66. The molecule has 0 aromatic carbocycles. The van der Waals surface area contributed by atoms with Crippen LogP contribution in [0.4, 0.5) is 0 Å². The molecule has 3 rings (SSSR count). The van der Waals surface area contributed by atoms with Crippen molar-refractivity contribution in [2.45, 2.75) is 18.6 Å². The van der Waals surface area contributed by atoms with Gasteiger partial charge in [0.2, 0.25) is 5.91 Å². The molecule has 19 heavy (non-hydrogen) atoms. The summed E-state index contributed by atoms with van der Waals surface area (Å²) in [6.07, 6.45) is 2.67. The fourth-order valence-corrected chi connectivity index (χ4v) is 3.66. The first kappa shape index (κ1) is 12.6. The Labute approximate surface area is 110 Å². The Hall–Kier alpha value is -1.40. The molecule has 0 radical (unpaired) electrons. The van der Waals surface area contributed by atoms with E-state index in [1.165, 1.54) is 4.90 Å². The number of hydrogen-bond acceptors (Lipinski definition) is 4. The van der Waals surface area contributed by atoms with Gasteiger partial charge in [-0.3, -0.25) is 9.59 Å². The summed E-state index contributed by atoms with van der Waals surface area (Å²) in [5.74, 6) is -2.49. The summed E-state index contributed by atoms with van der Waals surface area (Å²) in [7, 11) is 0. The largest absolute Gasteiger partial charge is 0.481 e. The molecule has 0 spiro atoms. The molecule has 0 aromatic heterocycles. The molecule has 3 N–H and O–H groups in total. The lowest BCUT2D eigenvalue weighted by atomic mass is 9.82. The van der Waals surface area contributed by atoms with Crippen molar-refractivity contribution in [1.29, 1.82) is 0 Å². The van der Waals surface area contributed by atoms with Gasteiger partial charge in [-0.15, -0.1) is 0 Å². The minimum Gasteiger partial charge on any atom is -0.481 e. The molecule has 2 fully saturated rings. The number of fused-ring (bicyclic) bond motifs is 2. The summed E-state index contributed by atoms with van der Waals surface area (Å²) in [6.45, 7) is 0.174. The molecule has 2 aliphatic carbocycles. The van der Waals surface area contributed by atoms with Crippen LogP contribution in [-0.4, -0.2) is 57.4 Å². The normalized spacial score (nSPS) is 44.0. The summed E-state index contributed by atoms with van der Waals surface area (Å²) >= 11 is 0. The topological polar surface area (TPSA) is 98.1 Å². The average molecular weight is 267 g/mol. The lowest BCUT2D eigenvalue weighted by Gasteiger charge is -2.28. The molecule has 1 saturated heterocycles. The monoisotopic (exact) mass is 267 g/mol. The maximum Gasteiger partial charge on any atom is 0.307 e. The Morgan fingerprint density at radius 3 is 2.05 bits per heavy atom. The number of carbonyl (C=O) groups is 2. The van der Waals surface area contributed by atoms with Crippen molar-refractivity contribution in [2.24, 2.45) is 23.7 Å². The number of rotatable bonds is 2. The van der Waals surface area contributed by atoms with Gasteiger partial charge in [0.1, 0.15) is 0 Å². The van der Waals surface area contributed by atoms with Crippen molar-refractivity contribution in [3.63, 3.8) is 0 Å². The maximum absolute atomic E-state index is 12.4. The van der Waals surface area contributed by atoms with Crippen LogP contribution < -0.4 is 0 Å². The quantitative estimate of drug-likeness (QED) is 0.562. The maximum atomic E-state index is 12.4. The highest BCUT2D eigenvalue weighted by atomic mass is 16.4. The molecule has 1 heterocycles. The smallest absolute Gasteiger partial charge is 0.307 e. The second-order valence-electron chi connectivity index (χ2n) is 5.72. The van der Waals surface area contributed by atoms with E-state index in [0.717, 1.165) is 0 Å². The SMILES string of the molecule is O=C(O)[C@@H]1C2C=CC(C2)[C@@H]1C(=O)N1CC(O)C(O)C1. The minimum absolute atomic E-state index is 0.0199. The standard InChI is InChI=1S/C13H17NO5/c15-8-4-14(5-9(8)16)12(17)10-6-1-2-7(3-6)11(10)13(18)19/h1-2,6-11,15-16H,3-5H2,(H,18,19)/t6?,7?,8?,9?,10-,11+/m0/s1. The van der Waals surface area contributed by atoms with Crippen LogP contribution in [0.5, 0.6) is 0 Å². The first-order chi connectivity index (χ1) is 8.99. The molecule has 1 amide bonds. The van der Waals surface area contributed by atoms with E-state index in [1.807, 2.05) is 12.2 Å². The highest BCUT2D eigenvalue weighted by Crippen LogP contribution is 2.49. The number of aliphatic hydroxyl groups excluding tert-OH is 2. The van der Waals surface area contributed by atoms with Gasteiger partial charge < -0.3 is 20.2 Å². The van der Waals surface area contributed by atoms with Crippen LogP contribution in [0.15, 0.2) is 12.2 Å². The zero-order chi connectivity index (χ0) is 13.7. The summed E-state index contributed by atoms with van der Waals surface area (Å²) < 4.78 is 0. The number of likely N-dealkylation sites (tertiary alicyclic amines) is 1. The Morgan fingerprint density at radius 1 is 1.00 bits per heavy atom. The highest BCUT2D eigenvalue weighted by molar-refractivity contribution is 5.87. The lowest BCUT2D eigenvalue weighted by molar-refractivity contribution is -0.150. The van der Waals surface area contributed by atoms with Gasteiger partial charge in [0.25, 0.3) is 0 Å². The third-order valence-corrected chi connectivity index (χ3v) is 4.60. The van der Waals surface area contributed by atoms with Gasteiger partial charge in [-0.1, -0.05) is 12.2 Å². The molecular formula is C13H17NO5. The number of hydrogen-bond donors (Lipinski definition) is 3. The summed E-state index contributed by atoms with van der Waals surface area (Å²) in [6, 6.07) is 0. The second-order valence-corrected chi connectivity index (χ2v) is 5.72. The number of carboxylic acid groups (broad SMARTS) is 1. The number of β-amino-alcohol motifs (C(OH)–C–C–N with tert-alkyl or cyclic N) is 2. The predicted octanol–water partition coefficient (Wildman–Crippen LogP) is -0.927. The Balaban J connectivity index is 1.80. The number of allylic oxidation sites excluding steroid dienone is 2. The molecule has 1 saturated carbocycles. The van der Waals surface area contributed by atoms with E-state index in [9.17, 15) is 24.9 Å². The van der Waals surface area contributed by atoms with E-state index in [0.29, 0.717) is 6.42 Å². The van der Waals surface area contributed by atoms with Gasteiger partial charge in [0.15, 0.2) is 0 Å². The van der Waals surface area contributed by atoms with E-state index in [4.69, 9.17) is 0 Å². The molecular weight excluding hydrogens is 250 g/mol. The zero-order valence-electron chi connectivity index (χ0n) is 10.3. The summed E-state index contributed by atoms with van der Waals surface area (Å²) in [5, 5.41) is 28.3. The van der Waals surface area contributed by atoms with E-state index >= 15 is 0 Å². The van der Waals surface area contributed by atoms with Gasteiger partial charge in [-0.05, 0) is 18.3 Å².